The smallest absolute Gasteiger partial charge is 0.321 e. The summed E-state index contributed by atoms with van der Waals surface area (Å²) in [4.78, 5) is 37.3. The molecular formula is C22H24N2O5S. The van der Waals surface area contributed by atoms with Crippen LogP contribution in [0.4, 0.5) is 0 Å². The molecule has 0 amide bonds. The largest absolute Gasteiger partial charge is 0.480 e. The van der Waals surface area contributed by atoms with Gasteiger partial charge in [-0.25, -0.2) is 0 Å². The Balaban J connectivity index is 1.71. The van der Waals surface area contributed by atoms with Crippen molar-refractivity contribution in [1.82, 2.24) is 10.6 Å². The molecule has 7 nitrogen and oxygen atoms in total. The summed E-state index contributed by atoms with van der Waals surface area (Å²) in [7, 11) is 0. The van der Waals surface area contributed by atoms with Crippen molar-refractivity contribution in [3.05, 3.63) is 65.7 Å². The number of thioether (sulfide) groups is 1. The molecule has 8 heteroatoms. The summed E-state index contributed by atoms with van der Waals surface area (Å²) in [5.41, 5.74) is 1.54. The molecule has 2 aromatic rings. The summed E-state index contributed by atoms with van der Waals surface area (Å²) < 4.78 is 0. The Hall–Kier alpha value is -2.68. The van der Waals surface area contributed by atoms with E-state index in [2.05, 4.69) is 10.6 Å². The van der Waals surface area contributed by atoms with Gasteiger partial charge in [0.25, 0.3) is 0 Å². The van der Waals surface area contributed by atoms with Gasteiger partial charge in [0.15, 0.2) is 5.78 Å². The van der Waals surface area contributed by atoms with Crippen molar-refractivity contribution in [2.24, 2.45) is 0 Å². The lowest BCUT2D eigenvalue weighted by atomic mass is 9.86. The fourth-order valence-corrected chi connectivity index (χ4v) is 4.43. The van der Waals surface area contributed by atoms with E-state index in [1.165, 1.54) is 11.8 Å². The van der Waals surface area contributed by atoms with Crippen LogP contribution in [0.1, 0.15) is 24.1 Å². The van der Waals surface area contributed by atoms with Gasteiger partial charge < -0.3 is 10.2 Å². The maximum Gasteiger partial charge on any atom is 0.321 e. The van der Waals surface area contributed by atoms with Crippen molar-refractivity contribution in [2.45, 2.75) is 42.4 Å². The number of carboxylic acid groups (broad SMARTS) is 2. The van der Waals surface area contributed by atoms with E-state index in [-0.39, 0.29) is 11.5 Å². The first-order chi connectivity index (χ1) is 14.4. The van der Waals surface area contributed by atoms with E-state index >= 15 is 0 Å². The highest BCUT2D eigenvalue weighted by atomic mass is 32.2. The van der Waals surface area contributed by atoms with Crippen molar-refractivity contribution in [3.8, 4) is 0 Å². The van der Waals surface area contributed by atoms with Gasteiger partial charge in [-0.1, -0.05) is 42.5 Å². The van der Waals surface area contributed by atoms with Gasteiger partial charge in [0.1, 0.15) is 12.1 Å². The zero-order valence-corrected chi connectivity index (χ0v) is 17.3. The second-order valence-corrected chi connectivity index (χ2v) is 8.29. The number of carbonyl (C=O) groups is 3. The third-order valence-corrected chi connectivity index (χ3v) is 6.18. The van der Waals surface area contributed by atoms with Gasteiger partial charge in [0.05, 0.1) is 12.1 Å². The molecule has 30 heavy (non-hydrogen) atoms. The van der Waals surface area contributed by atoms with E-state index in [1.807, 2.05) is 42.5 Å². The number of Topliss-reactive ketones (excluding diaryl/α,β-unsaturated/α-hetero) is 1. The van der Waals surface area contributed by atoms with Crippen LogP contribution in [0.25, 0.3) is 0 Å². The number of fused-ring (bicyclic) bond motifs is 1. The van der Waals surface area contributed by atoms with Crippen LogP contribution in [0.5, 0.6) is 0 Å². The van der Waals surface area contributed by atoms with Gasteiger partial charge in [-0.15, -0.1) is 11.8 Å². The number of carbonyl (C=O) groups excluding carboxylic acids is 1. The van der Waals surface area contributed by atoms with Crippen LogP contribution in [0.2, 0.25) is 0 Å². The quantitative estimate of drug-likeness (QED) is 0.449. The molecule has 0 aliphatic carbocycles. The van der Waals surface area contributed by atoms with Gasteiger partial charge >= 0.3 is 11.9 Å². The zero-order valence-electron chi connectivity index (χ0n) is 16.4. The fourth-order valence-electron chi connectivity index (χ4n) is 3.49. The van der Waals surface area contributed by atoms with Gasteiger partial charge in [0.2, 0.25) is 0 Å². The molecule has 4 N–H and O–H groups in total. The highest BCUT2D eigenvalue weighted by Gasteiger charge is 2.36. The van der Waals surface area contributed by atoms with Crippen molar-refractivity contribution in [3.63, 3.8) is 0 Å². The van der Waals surface area contributed by atoms with Crippen LogP contribution in [0.3, 0.4) is 0 Å². The van der Waals surface area contributed by atoms with Crippen molar-refractivity contribution < 1.29 is 24.6 Å². The van der Waals surface area contributed by atoms with Crippen molar-refractivity contribution in [2.75, 3.05) is 5.75 Å². The molecule has 1 heterocycles. The van der Waals surface area contributed by atoms with Crippen molar-refractivity contribution >= 4 is 29.5 Å². The standard InChI is InChI=1S/C22H24N2O5S/c1-13(23-18(22(28)29)12-30-15-8-3-2-4-9-15)20(25)19-16-10-6-5-7-14(16)11-17(24-19)21(26)27/h2-10,13,17-19,23-24H,11-12H2,1H3,(H,26,27)(H,28,29)/t13-,17?,18?,19?/m0/s1. The van der Waals surface area contributed by atoms with Crippen LogP contribution in [-0.4, -0.2) is 51.8 Å². The number of nitrogens with one attached hydrogen (secondary N) is 2. The maximum absolute atomic E-state index is 13.1. The summed E-state index contributed by atoms with van der Waals surface area (Å²) in [5.74, 6) is -2.10. The van der Waals surface area contributed by atoms with Crippen LogP contribution >= 0.6 is 11.8 Å². The summed E-state index contributed by atoms with van der Waals surface area (Å²) in [6.07, 6.45) is 0.294. The second-order valence-electron chi connectivity index (χ2n) is 7.20. The maximum atomic E-state index is 13.1. The highest BCUT2D eigenvalue weighted by Crippen LogP contribution is 2.27. The molecular weight excluding hydrogens is 404 g/mol. The molecule has 0 fully saturated rings. The molecule has 0 radical (unpaired) electrons. The Morgan fingerprint density at radius 1 is 1.10 bits per heavy atom. The van der Waals surface area contributed by atoms with E-state index in [0.717, 1.165) is 16.0 Å². The number of hydrogen-bond acceptors (Lipinski definition) is 6. The first kappa shape index (κ1) is 22.0. The van der Waals surface area contributed by atoms with Gasteiger partial charge in [-0.2, -0.15) is 0 Å². The molecule has 4 atom stereocenters. The molecule has 0 aromatic heterocycles. The SMILES string of the molecule is C[C@H](NC(CSc1ccccc1)C(=O)O)C(=O)C1NC(C(=O)O)Cc2ccccc21. The predicted octanol–water partition coefficient (Wildman–Crippen LogP) is 2.12. The average molecular weight is 429 g/mol. The lowest BCUT2D eigenvalue weighted by molar-refractivity contribution is -0.140. The summed E-state index contributed by atoms with van der Waals surface area (Å²) in [5, 5.41) is 24.8. The van der Waals surface area contributed by atoms with Crippen LogP contribution in [0, 0.1) is 0 Å². The predicted molar refractivity (Wildman–Crippen MR) is 114 cm³/mol. The summed E-state index contributed by atoms with van der Waals surface area (Å²) >= 11 is 1.39. The molecule has 0 spiro atoms. The fraction of sp³-hybridized carbons (Fsp3) is 0.318. The molecule has 0 saturated heterocycles. The van der Waals surface area contributed by atoms with E-state index in [0.29, 0.717) is 6.42 Å². The monoisotopic (exact) mass is 428 g/mol. The van der Waals surface area contributed by atoms with Crippen LogP contribution in [0.15, 0.2) is 59.5 Å². The number of ketones is 1. The number of aliphatic carboxylic acids is 2. The Labute approximate surface area is 178 Å². The number of hydrogen-bond donors (Lipinski definition) is 4. The third kappa shape index (κ3) is 5.27. The second kappa shape index (κ2) is 9.88. The van der Waals surface area contributed by atoms with E-state index in [9.17, 15) is 24.6 Å². The first-order valence-electron chi connectivity index (χ1n) is 9.64. The molecule has 3 unspecified atom stereocenters. The zero-order chi connectivity index (χ0) is 21.7. The van der Waals surface area contributed by atoms with Crippen LogP contribution < -0.4 is 10.6 Å². The third-order valence-electron chi connectivity index (χ3n) is 5.08. The van der Waals surface area contributed by atoms with E-state index in [4.69, 9.17) is 0 Å². The van der Waals surface area contributed by atoms with E-state index < -0.39 is 36.1 Å². The molecule has 158 valence electrons. The Kier molecular flexibility index (Phi) is 7.25. The summed E-state index contributed by atoms with van der Waals surface area (Å²) in [6, 6.07) is 13.3. The average Bonchev–Trinajstić information content (AvgIpc) is 2.75. The number of benzene rings is 2. The minimum Gasteiger partial charge on any atom is -0.480 e. The number of carboxylic acids is 2. The lowest BCUT2D eigenvalue weighted by Gasteiger charge is -2.32. The van der Waals surface area contributed by atoms with Crippen molar-refractivity contribution in [1.29, 1.82) is 0 Å². The molecule has 1 aliphatic rings. The molecule has 2 aromatic carbocycles. The normalized spacial score (nSPS) is 20.0. The van der Waals surface area contributed by atoms with Crippen LogP contribution in [-0.2, 0) is 20.8 Å². The van der Waals surface area contributed by atoms with Gasteiger partial charge in [-0.3, -0.25) is 25.0 Å². The van der Waals surface area contributed by atoms with Gasteiger partial charge in [-0.05, 0) is 36.6 Å². The van der Waals surface area contributed by atoms with E-state index in [1.54, 1.807) is 19.1 Å². The number of rotatable bonds is 9. The highest BCUT2D eigenvalue weighted by molar-refractivity contribution is 7.99. The lowest BCUT2D eigenvalue weighted by Crippen LogP contribution is -2.53. The summed E-state index contributed by atoms with van der Waals surface area (Å²) in [6.45, 7) is 1.61. The minimum atomic E-state index is -1.04. The Morgan fingerprint density at radius 3 is 2.43 bits per heavy atom. The Bertz CT molecular complexity index is 921. The molecule has 0 saturated carbocycles. The molecule has 3 rings (SSSR count). The topological polar surface area (TPSA) is 116 Å². The molecule has 0 bridgehead atoms. The first-order valence-corrected chi connectivity index (χ1v) is 10.6. The molecule has 1 aliphatic heterocycles. The Morgan fingerprint density at radius 2 is 1.77 bits per heavy atom. The minimum absolute atomic E-state index is 0.253. The van der Waals surface area contributed by atoms with Gasteiger partial charge in [0, 0.05) is 10.6 Å².